The Hall–Kier alpha value is -2.24. The van der Waals surface area contributed by atoms with Crippen molar-refractivity contribution in [3.05, 3.63) is 24.3 Å². The summed E-state index contributed by atoms with van der Waals surface area (Å²) in [4.78, 5) is 23.5. The molecule has 1 saturated carbocycles. The maximum atomic E-state index is 11.7. The summed E-state index contributed by atoms with van der Waals surface area (Å²) < 4.78 is 16.1. The Morgan fingerprint density at radius 1 is 1.22 bits per heavy atom. The number of esters is 1. The Bertz CT molecular complexity index is 542. The zero-order valence-electron chi connectivity index (χ0n) is 13.5. The van der Waals surface area contributed by atoms with Gasteiger partial charge >= 0.3 is 5.97 Å². The number of hydrogen-bond donors (Lipinski definition) is 1. The molecule has 0 heterocycles. The molecule has 0 radical (unpaired) electrons. The van der Waals surface area contributed by atoms with E-state index in [1.54, 1.807) is 19.1 Å². The van der Waals surface area contributed by atoms with Gasteiger partial charge in [-0.2, -0.15) is 0 Å². The molecule has 1 aliphatic carbocycles. The first-order valence-electron chi connectivity index (χ1n) is 7.94. The van der Waals surface area contributed by atoms with Crippen LogP contribution in [0, 0.1) is 0 Å². The fraction of sp³-hybridized carbons (Fsp3) is 0.529. The van der Waals surface area contributed by atoms with Crippen LogP contribution < -0.4 is 14.8 Å². The van der Waals surface area contributed by atoms with E-state index in [1.165, 1.54) is 0 Å². The van der Waals surface area contributed by atoms with E-state index in [0.717, 1.165) is 12.8 Å². The first-order chi connectivity index (χ1) is 11.1. The van der Waals surface area contributed by atoms with Gasteiger partial charge in [0.2, 0.25) is 0 Å². The third-order valence-corrected chi connectivity index (χ3v) is 3.31. The van der Waals surface area contributed by atoms with Gasteiger partial charge in [-0.3, -0.25) is 9.59 Å². The summed E-state index contributed by atoms with van der Waals surface area (Å²) in [5.74, 6) is 0.517. The number of amides is 1. The van der Waals surface area contributed by atoms with E-state index in [4.69, 9.17) is 14.2 Å². The van der Waals surface area contributed by atoms with Crippen molar-refractivity contribution in [2.45, 2.75) is 45.3 Å². The molecule has 2 rings (SSSR count). The number of rotatable bonds is 9. The molecule has 1 aromatic carbocycles. The zero-order chi connectivity index (χ0) is 16.7. The minimum absolute atomic E-state index is 0.0709. The van der Waals surface area contributed by atoms with Gasteiger partial charge in [0, 0.05) is 6.04 Å². The third kappa shape index (κ3) is 5.81. The third-order valence-electron chi connectivity index (χ3n) is 3.31. The second kappa shape index (κ2) is 8.41. The fourth-order valence-corrected chi connectivity index (χ4v) is 1.94. The lowest BCUT2D eigenvalue weighted by atomic mass is 10.3. The molecule has 0 saturated heterocycles. The molecule has 6 nitrogen and oxygen atoms in total. The Balaban J connectivity index is 1.70. The minimum atomic E-state index is -0.779. The Morgan fingerprint density at radius 2 is 1.87 bits per heavy atom. The molecule has 1 fully saturated rings. The van der Waals surface area contributed by atoms with Crippen molar-refractivity contribution < 1.29 is 23.8 Å². The lowest BCUT2D eigenvalue weighted by Crippen LogP contribution is -2.37. The van der Waals surface area contributed by atoms with Crippen molar-refractivity contribution in [2.75, 3.05) is 13.2 Å². The number of nitrogens with one attached hydrogen (secondary N) is 1. The summed E-state index contributed by atoms with van der Waals surface area (Å²) in [6.45, 7) is 4.17. The molecule has 1 atom stereocenters. The number of hydrogen-bond acceptors (Lipinski definition) is 5. The lowest BCUT2D eigenvalue weighted by molar-refractivity contribution is -0.155. The molecular weight excluding hydrogens is 298 g/mol. The van der Waals surface area contributed by atoms with Crippen molar-refractivity contribution in [1.82, 2.24) is 5.32 Å². The van der Waals surface area contributed by atoms with Gasteiger partial charge < -0.3 is 19.5 Å². The maximum Gasteiger partial charge on any atom is 0.310 e. The van der Waals surface area contributed by atoms with Crippen molar-refractivity contribution >= 4 is 11.9 Å². The van der Waals surface area contributed by atoms with Crippen LogP contribution >= 0.6 is 0 Å². The van der Waals surface area contributed by atoms with Gasteiger partial charge in [-0.15, -0.1) is 0 Å². The standard InChI is InChI=1S/C17H23NO5/c1-3-21-14-6-4-5-7-15(14)22-11-10-16(19)23-12(2)17(20)18-13-8-9-13/h4-7,12-13H,3,8-11H2,1-2H3,(H,18,20)/t12-/m1/s1. The average molecular weight is 321 g/mol. The molecule has 0 spiro atoms. The van der Waals surface area contributed by atoms with Crippen molar-refractivity contribution in [1.29, 1.82) is 0 Å². The summed E-state index contributed by atoms with van der Waals surface area (Å²) in [6, 6.07) is 7.53. The van der Waals surface area contributed by atoms with Crippen LogP contribution in [0.3, 0.4) is 0 Å². The summed E-state index contributed by atoms with van der Waals surface area (Å²) >= 11 is 0. The summed E-state index contributed by atoms with van der Waals surface area (Å²) in [6.07, 6.45) is 1.29. The van der Waals surface area contributed by atoms with Crippen LogP contribution in [0.5, 0.6) is 11.5 Å². The van der Waals surface area contributed by atoms with E-state index in [-0.39, 0.29) is 25.0 Å². The molecule has 0 unspecified atom stereocenters. The highest BCUT2D eigenvalue weighted by molar-refractivity contribution is 5.83. The molecule has 6 heteroatoms. The Kier molecular flexibility index (Phi) is 6.26. The summed E-state index contributed by atoms with van der Waals surface area (Å²) in [5, 5.41) is 2.80. The van der Waals surface area contributed by atoms with E-state index >= 15 is 0 Å². The Morgan fingerprint density at radius 3 is 2.48 bits per heavy atom. The van der Waals surface area contributed by atoms with Crippen molar-refractivity contribution in [3.63, 3.8) is 0 Å². The molecule has 1 aromatic rings. The van der Waals surface area contributed by atoms with Crippen LogP contribution in [-0.4, -0.2) is 37.2 Å². The number of carbonyl (C=O) groups excluding carboxylic acids is 2. The van der Waals surface area contributed by atoms with Gasteiger partial charge in [0.1, 0.15) is 0 Å². The van der Waals surface area contributed by atoms with E-state index in [0.29, 0.717) is 18.1 Å². The minimum Gasteiger partial charge on any atom is -0.490 e. The lowest BCUT2D eigenvalue weighted by Gasteiger charge is -2.14. The predicted molar refractivity (Wildman–Crippen MR) is 84.4 cm³/mol. The van der Waals surface area contributed by atoms with Gasteiger partial charge in [0.15, 0.2) is 17.6 Å². The van der Waals surface area contributed by atoms with Gasteiger partial charge in [-0.25, -0.2) is 0 Å². The molecule has 0 aliphatic heterocycles. The van der Waals surface area contributed by atoms with Crippen LogP contribution in [0.4, 0.5) is 0 Å². The topological polar surface area (TPSA) is 73.9 Å². The normalized spacial score (nSPS) is 14.7. The van der Waals surface area contributed by atoms with Gasteiger partial charge in [0.25, 0.3) is 5.91 Å². The van der Waals surface area contributed by atoms with Gasteiger partial charge in [-0.05, 0) is 38.8 Å². The summed E-state index contributed by atoms with van der Waals surface area (Å²) in [5.41, 5.74) is 0. The highest BCUT2D eigenvalue weighted by Gasteiger charge is 2.27. The SMILES string of the molecule is CCOc1ccccc1OCCC(=O)O[C@H](C)C(=O)NC1CC1. The molecule has 1 amide bonds. The monoisotopic (exact) mass is 321 g/mol. The Labute approximate surface area is 136 Å². The van der Waals surface area contributed by atoms with Gasteiger partial charge in [0.05, 0.1) is 19.6 Å². The number of carbonyl (C=O) groups is 2. The maximum absolute atomic E-state index is 11.7. The van der Waals surface area contributed by atoms with Crippen LogP contribution in [0.25, 0.3) is 0 Å². The largest absolute Gasteiger partial charge is 0.490 e. The van der Waals surface area contributed by atoms with Crippen LogP contribution in [-0.2, 0) is 14.3 Å². The average Bonchev–Trinajstić information content (AvgIpc) is 3.33. The smallest absolute Gasteiger partial charge is 0.310 e. The van der Waals surface area contributed by atoms with Crippen LogP contribution in [0.15, 0.2) is 24.3 Å². The first kappa shape index (κ1) is 17.1. The van der Waals surface area contributed by atoms with E-state index in [9.17, 15) is 9.59 Å². The second-order valence-corrected chi connectivity index (χ2v) is 5.39. The molecule has 1 aliphatic rings. The van der Waals surface area contributed by atoms with E-state index in [1.807, 2.05) is 19.1 Å². The van der Waals surface area contributed by atoms with Crippen LogP contribution in [0.2, 0.25) is 0 Å². The molecule has 23 heavy (non-hydrogen) atoms. The molecular formula is C17H23NO5. The zero-order valence-corrected chi connectivity index (χ0v) is 13.5. The second-order valence-electron chi connectivity index (χ2n) is 5.39. The highest BCUT2D eigenvalue weighted by Crippen LogP contribution is 2.26. The van der Waals surface area contributed by atoms with Crippen molar-refractivity contribution in [2.24, 2.45) is 0 Å². The van der Waals surface area contributed by atoms with Gasteiger partial charge in [-0.1, -0.05) is 12.1 Å². The quantitative estimate of drug-likeness (QED) is 0.705. The molecule has 0 bridgehead atoms. The summed E-state index contributed by atoms with van der Waals surface area (Å²) in [7, 11) is 0. The van der Waals surface area contributed by atoms with Crippen molar-refractivity contribution in [3.8, 4) is 11.5 Å². The predicted octanol–water partition coefficient (Wildman–Crippen LogP) is 2.06. The number of ether oxygens (including phenoxy) is 3. The highest BCUT2D eigenvalue weighted by atomic mass is 16.6. The molecule has 126 valence electrons. The van der Waals surface area contributed by atoms with E-state index < -0.39 is 12.1 Å². The molecule has 0 aromatic heterocycles. The fourth-order valence-electron chi connectivity index (χ4n) is 1.94. The number of benzene rings is 1. The molecule has 1 N–H and O–H groups in total. The first-order valence-corrected chi connectivity index (χ1v) is 7.94. The van der Waals surface area contributed by atoms with E-state index in [2.05, 4.69) is 5.32 Å². The number of para-hydroxylation sites is 2. The van der Waals surface area contributed by atoms with Crippen LogP contribution in [0.1, 0.15) is 33.1 Å².